The molecule has 3 heterocycles. The maximum atomic E-state index is 11.4. The molecular formula is C27H29N7O3. The van der Waals surface area contributed by atoms with Crippen molar-refractivity contribution in [1.29, 1.82) is 0 Å². The molecule has 0 amide bonds. The smallest absolute Gasteiger partial charge is 0.308 e. The standard InChI is InChI=1S/C27H29N7O3/c1-3-37-25(35)10-14-36-15-13-33(2)22-8-6-21(7-9-22)30-26-27-28-11-12-34(27)18-24(31-26)19-4-5-20-17-29-32-23(20)16-19/h4-9,11-12,16-18H,3,10,13-15H2,1-2H3,(H,29,32)(H,30,31). The third-order valence-corrected chi connectivity index (χ3v) is 6.01. The zero-order valence-corrected chi connectivity index (χ0v) is 20.8. The maximum Gasteiger partial charge on any atom is 0.308 e. The topological polar surface area (TPSA) is 110 Å². The average Bonchev–Trinajstić information content (AvgIpc) is 3.58. The van der Waals surface area contributed by atoms with Gasteiger partial charge in [-0.25, -0.2) is 9.97 Å². The predicted octanol–water partition coefficient (Wildman–Crippen LogP) is 4.42. The van der Waals surface area contributed by atoms with Gasteiger partial charge in [0.15, 0.2) is 11.5 Å². The molecule has 3 aromatic heterocycles. The van der Waals surface area contributed by atoms with Gasteiger partial charge >= 0.3 is 5.97 Å². The number of nitrogens with one attached hydrogen (secondary N) is 2. The fourth-order valence-electron chi connectivity index (χ4n) is 4.01. The molecular weight excluding hydrogens is 470 g/mol. The zero-order chi connectivity index (χ0) is 25.6. The Labute approximate surface area is 214 Å². The molecule has 0 saturated heterocycles. The van der Waals surface area contributed by atoms with E-state index >= 15 is 0 Å². The highest BCUT2D eigenvalue weighted by molar-refractivity contribution is 5.84. The first kappa shape index (κ1) is 24.3. The van der Waals surface area contributed by atoms with E-state index in [-0.39, 0.29) is 12.4 Å². The molecule has 0 aliphatic heterocycles. The van der Waals surface area contributed by atoms with E-state index in [0.29, 0.717) is 32.2 Å². The number of rotatable bonds is 11. The number of hydrogen-bond donors (Lipinski definition) is 2. The number of hydrogen-bond acceptors (Lipinski definition) is 8. The molecule has 0 aliphatic rings. The summed E-state index contributed by atoms with van der Waals surface area (Å²) in [7, 11) is 2.01. The van der Waals surface area contributed by atoms with E-state index < -0.39 is 0 Å². The SMILES string of the molecule is CCOC(=O)CCOCCN(C)c1ccc(Nc2nc(-c3ccc4cn[nH]c4c3)cn3ccnc23)cc1. The molecule has 2 aromatic carbocycles. The van der Waals surface area contributed by atoms with Gasteiger partial charge in [0, 0.05) is 54.5 Å². The Hall–Kier alpha value is -4.44. The molecule has 190 valence electrons. The highest BCUT2D eigenvalue weighted by Gasteiger charge is 2.11. The molecule has 0 bridgehead atoms. The fraction of sp³-hybridized carbons (Fsp3) is 0.259. The van der Waals surface area contributed by atoms with Crippen LogP contribution in [0.5, 0.6) is 0 Å². The van der Waals surface area contributed by atoms with E-state index in [1.807, 2.05) is 66.3 Å². The fourth-order valence-corrected chi connectivity index (χ4v) is 4.01. The van der Waals surface area contributed by atoms with Crippen LogP contribution in [0.15, 0.2) is 67.3 Å². The van der Waals surface area contributed by atoms with Crippen LogP contribution in [0.1, 0.15) is 13.3 Å². The first-order chi connectivity index (χ1) is 18.1. The second kappa shape index (κ2) is 11.1. The Morgan fingerprint density at radius 1 is 1.16 bits per heavy atom. The minimum absolute atomic E-state index is 0.231. The van der Waals surface area contributed by atoms with E-state index in [2.05, 4.69) is 25.4 Å². The number of imidazole rings is 1. The summed E-state index contributed by atoms with van der Waals surface area (Å²) < 4.78 is 12.4. The molecule has 10 heteroatoms. The number of esters is 1. The Kier molecular flexibility index (Phi) is 7.27. The largest absolute Gasteiger partial charge is 0.466 e. The van der Waals surface area contributed by atoms with Crippen LogP contribution in [0.3, 0.4) is 0 Å². The summed E-state index contributed by atoms with van der Waals surface area (Å²) in [6.07, 6.45) is 7.72. The molecule has 0 spiro atoms. The number of aromatic nitrogens is 5. The summed E-state index contributed by atoms with van der Waals surface area (Å²) in [5.41, 5.74) is 5.47. The molecule has 10 nitrogen and oxygen atoms in total. The molecule has 5 rings (SSSR count). The lowest BCUT2D eigenvalue weighted by atomic mass is 10.1. The number of anilines is 3. The molecule has 0 fully saturated rings. The average molecular weight is 500 g/mol. The minimum atomic E-state index is -0.231. The summed E-state index contributed by atoms with van der Waals surface area (Å²) >= 11 is 0. The van der Waals surface area contributed by atoms with Gasteiger partial charge in [-0.05, 0) is 37.3 Å². The number of benzene rings is 2. The number of nitrogens with zero attached hydrogens (tertiary/aromatic N) is 5. The lowest BCUT2D eigenvalue weighted by Crippen LogP contribution is -2.23. The lowest BCUT2D eigenvalue weighted by Gasteiger charge is -2.19. The van der Waals surface area contributed by atoms with Crippen molar-refractivity contribution in [3.8, 4) is 11.3 Å². The van der Waals surface area contributed by atoms with Crippen LogP contribution < -0.4 is 10.2 Å². The molecule has 0 unspecified atom stereocenters. The normalized spacial score (nSPS) is 11.2. The zero-order valence-electron chi connectivity index (χ0n) is 20.8. The Balaban J connectivity index is 1.24. The van der Waals surface area contributed by atoms with Crippen molar-refractivity contribution >= 4 is 39.7 Å². The van der Waals surface area contributed by atoms with Crippen molar-refractivity contribution < 1.29 is 14.3 Å². The molecule has 0 aliphatic carbocycles. The number of carbonyl (C=O) groups is 1. The summed E-state index contributed by atoms with van der Waals surface area (Å²) in [6.45, 7) is 3.77. The second-order valence-electron chi connectivity index (χ2n) is 8.57. The highest BCUT2D eigenvalue weighted by atomic mass is 16.5. The van der Waals surface area contributed by atoms with Gasteiger partial charge in [0.2, 0.25) is 0 Å². The number of ether oxygens (including phenoxy) is 2. The van der Waals surface area contributed by atoms with Crippen LogP contribution in [-0.2, 0) is 14.3 Å². The van der Waals surface area contributed by atoms with Crippen LogP contribution in [0, 0.1) is 0 Å². The van der Waals surface area contributed by atoms with Crippen LogP contribution in [0.2, 0.25) is 0 Å². The molecule has 37 heavy (non-hydrogen) atoms. The van der Waals surface area contributed by atoms with E-state index in [4.69, 9.17) is 14.5 Å². The van der Waals surface area contributed by atoms with Crippen molar-refractivity contribution in [3.63, 3.8) is 0 Å². The van der Waals surface area contributed by atoms with Crippen LogP contribution in [0.4, 0.5) is 17.2 Å². The molecule has 5 aromatic rings. The van der Waals surface area contributed by atoms with E-state index in [1.165, 1.54) is 0 Å². The van der Waals surface area contributed by atoms with E-state index in [1.54, 1.807) is 19.3 Å². The number of H-pyrrole nitrogens is 1. The van der Waals surface area contributed by atoms with Gasteiger partial charge in [0.05, 0.1) is 43.6 Å². The van der Waals surface area contributed by atoms with Crippen molar-refractivity contribution in [2.24, 2.45) is 0 Å². The monoisotopic (exact) mass is 499 g/mol. The first-order valence-electron chi connectivity index (χ1n) is 12.2. The van der Waals surface area contributed by atoms with Gasteiger partial charge in [0.1, 0.15) is 0 Å². The third kappa shape index (κ3) is 5.70. The maximum absolute atomic E-state index is 11.4. The Morgan fingerprint density at radius 2 is 2.03 bits per heavy atom. The number of likely N-dealkylation sites (N-methyl/N-ethyl adjacent to an activating group) is 1. The van der Waals surface area contributed by atoms with Gasteiger partial charge < -0.3 is 24.1 Å². The Morgan fingerprint density at radius 3 is 2.86 bits per heavy atom. The van der Waals surface area contributed by atoms with Gasteiger partial charge in [-0.2, -0.15) is 5.10 Å². The van der Waals surface area contributed by atoms with Gasteiger partial charge in [-0.15, -0.1) is 0 Å². The molecule has 0 saturated carbocycles. The van der Waals surface area contributed by atoms with Crippen molar-refractivity contribution in [2.75, 3.05) is 43.6 Å². The van der Waals surface area contributed by atoms with Gasteiger partial charge in [-0.1, -0.05) is 12.1 Å². The van der Waals surface area contributed by atoms with Crippen LogP contribution in [0.25, 0.3) is 27.8 Å². The van der Waals surface area contributed by atoms with Crippen LogP contribution in [-0.4, -0.2) is 63.9 Å². The van der Waals surface area contributed by atoms with Gasteiger partial charge in [0.25, 0.3) is 0 Å². The number of carbonyl (C=O) groups excluding carboxylic acids is 1. The third-order valence-electron chi connectivity index (χ3n) is 6.01. The first-order valence-corrected chi connectivity index (χ1v) is 12.2. The summed E-state index contributed by atoms with van der Waals surface area (Å²) in [5, 5.41) is 11.6. The molecule has 0 radical (unpaired) electrons. The van der Waals surface area contributed by atoms with Crippen LogP contribution >= 0.6 is 0 Å². The molecule has 2 N–H and O–H groups in total. The molecule has 0 atom stereocenters. The van der Waals surface area contributed by atoms with Crippen molar-refractivity contribution in [3.05, 3.63) is 67.3 Å². The summed E-state index contributed by atoms with van der Waals surface area (Å²) in [5.74, 6) is 0.439. The number of aromatic amines is 1. The number of fused-ring (bicyclic) bond motifs is 2. The van der Waals surface area contributed by atoms with E-state index in [0.717, 1.165) is 39.2 Å². The predicted molar refractivity (Wildman–Crippen MR) is 143 cm³/mol. The van der Waals surface area contributed by atoms with Crippen molar-refractivity contribution in [1.82, 2.24) is 24.6 Å². The quantitative estimate of drug-likeness (QED) is 0.203. The van der Waals surface area contributed by atoms with Crippen molar-refractivity contribution in [2.45, 2.75) is 13.3 Å². The van der Waals surface area contributed by atoms with Gasteiger partial charge in [-0.3, -0.25) is 9.89 Å². The summed E-state index contributed by atoms with van der Waals surface area (Å²) in [4.78, 5) is 22.8. The summed E-state index contributed by atoms with van der Waals surface area (Å²) in [6, 6.07) is 14.2. The lowest BCUT2D eigenvalue weighted by molar-refractivity contribution is -0.144. The Bertz CT molecular complexity index is 1490. The highest BCUT2D eigenvalue weighted by Crippen LogP contribution is 2.27. The van der Waals surface area contributed by atoms with E-state index in [9.17, 15) is 4.79 Å². The second-order valence-corrected chi connectivity index (χ2v) is 8.57. The minimum Gasteiger partial charge on any atom is -0.466 e.